The van der Waals surface area contributed by atoms with Gasteiger partial charge in [-0.1, -0.05) is 6.07 Å². The highest BCUT2D eigenvalue weighted by molar-refractivity contribution is 5.73. The van der Waals surface area contributed by atoms with E-state index in [0.29, 0.717) is 18.8 Å². The zero-order valence-electron chi connectivity index (χ0n) is 19.1. The molecule has 0 unspecified atom stereocenters. The van der Waals surface area contributed by atoms with Crippen molar-refractivity contribution < 1.29 is 50.9 Å². The number of pyridine rings is 1. The summed E-state index contributed by atoms with van der Waals surface area (Å²) in [7, 11) is 0. The van der Waals surface area contributed by atoms with Crippen molar-refractivity contribution in [2.75, 3.05) is 31.1 Å². The first kappa shape index (κ1) is 29.7. The molecule has 16 heteroatoms. The van der Waals surface area contributed by atoms with Gasteiger partial charge in [0.2, 0.25) is 5.95 Å². The smallest absolute Gasteiger partial charge is 0.475 e. The molecule has 0 saturated carbocycles. The van der Waals surface area contributed by atoms with Crippen molar-refractivity contribution in [1.29, 1.82) is 0 Å². The molecule has 2 aliphatic rings. The van der Waals surface area contributed by atoms with Crippen LogP contribution in [0.25, 0.3) is 0 Å². The maximum Gasteiger partial charge on any atom is 0.490 e. The number of ether oxygens (including phenoxy) is 1. The number of fused-ring (bicyclic) bond motifs is 1. The van der Waals surface area contributed by atoms with E-state index in [0.717, 1.165) is 44.2 Å². The van der Waals surface area contributed by atoms with Gasteiger partial charge in [-0.25, -0.2) is 19.6 Å². The van der Waals surface area contributed by atoms with E-state index in [1.165, 1.54) is 0 Å². The minimum atomic E-state index is -5.08. The van der Waals surface area contributed by atoms with E-state index in [9.17, 15) is 26.3 Å². The van der Waals surface area contributed by atoms with E-state index >= 15 is 0 Å². The molecule has 0 aromatic carbocycles. The molecule has 0 bridgehead atoms. The number of carboxylic acid groups (broad SMARTS) is 2. The van der Waals surface area contributed by atoms with Crippen molar-refractivity contribution in [2.45, 2.75) is 37.5 Å². The number of piperazine rings is 1. The van der Waals surface area contributed by atoms with Crippen molar-refractivity contribution >= 4 is 17.9 Å². The molecule has 204 valence electrons. The highest BCUT2D eigenvalue weighted by atomic mass is 19.4. The van der Waals surface area contributed by atoms with Crippen molar-refractivity contribution in [3.05, 3.63) is 48.5 Å². The number of carboxylic acids is 2. The number of carbonyl (C=O) groups is 2. The lowest BCUT2D eigenvalue weighted by Gasteiger charge is -2.37. The Bertz CT molecular complexity index is 973. The second-order valence-electron chi connectivity index (χ2n) is 7.74. The maximum atomic E-state index is 10.6. The van der Waals surface area contributed by atoms with Crippen molar-refractivity contribution in [3.63, 3.8) is 0 Å². The van der Waals surface area contributed by atoms with Crippen LogP contribution < -0.4 is 4.90 Å². The predicted molar refractivity (Wildman–Crippen MR) is 114 cm³/mol. The first-order valence-corrected chi connectivity index (χ1v) is 10.6. The first-order valence-electron chi connectivity index (χ1n) is 10.6. The van der Waals surface area contributed by atoms with Crippen LogP contribution in [-0.4, -0.2) is 92.7 Å². The Balaban J connectivity index is 0.000000286. The average Bonchev–Trinajstić information content (AvgIpc) is 3.26. The summed E-state index contributed by atoms with van der Waals surface area (Å²) in [5.41, 5.74) is 0.997. The Morgan fingerprint density at radius 3 is 1.97 bits per heavy atom. The van der Waals surface area contributed by atoms with Gasteiger partial charge in [-0.3, -0.25) is 9.88 Å². The number of alkyl halides is 6. The summed E-state index contributed by atoms with van der Waals surface area (Å²) in [6.45, 7) is 4.62. The Labute approximate surface area is 206 Å². The van der Waals surface area contributed by atoms with Gasteiger partial charge in [-0.05, 0) is 24.6 Å². The van der Waals surface area contributed by atoms with Gasteiger partial charge < -0.3 is 19.8 Å². The fraction of sp³-hybridized carbons (Fsp3) is 0.476. The molecule has 37 heavy (non-hydrogen) atoms. The molecule has 2 saturated heterocycles. The second-order valence-corrected chi connectivity index (χ2v) is 7.74. The first-order chi connectivity index (χ1) is 17.3. The third-order valence-corrected chi connectivity index (χ3v) is 5.09. The zero-order chi connectivity index (χ0) is 27.6. The Morgan fingerprint density at radius 2 is 1.46 bits per heavy atom. The largest absolute Gasteiger partial charge is 0.490 e. The molecule has 4 heterocycles. The van der Waals surface area contributed by atoms with Crippen LogP contribution in [-0.2, 0) is 20.9 Å². The number of hydrogen-bond acceptors (Lipinski definition) is 8. The summed E-state index contributed by atoms with van der Waals surface area (Å²) >= 11 is 0. The minimum Gasteiger partial charge on any atom is -0.475 e. The van der Waals surface area contributed by atoms with Crippen molar-refractivity contribution in [2.24, 2.45) is 0 Å². The van der Waals surface area contributed by atoms with Gasteiger partial charge in [0.25, 0.3) is 0 Å². The molecule has 2 aromatic rings. The molecule has 4 rings (SSSR count). The lowest BCUT2D eigenvalue weighted by atomic mass is 10.1. The molecule has 10 nitrogen and oxygen atoms in total. The number of nitrogens with zero attached hydrogens (tertiary/aromatic N) is 5. The molecule has 0 amide bonds. The van der Waals surface area contributed by atoms with Crippen LogP contribution in [0.1, 0.15) is 12.1 Å². The van der Waals surface area contributed by atoms with Gasteiger partial charge >= 0.3 is 24.3 Å². The number of anilines is 1. The third-order valence-electron chi connectivity index (χ3n) is 5.09. The number of rotatable bonds is 4. The Morgan fingerprint density at radius 1 is 0.892 bits per heavy atom. The number of aromatic nitrogens is 3. The molecule has 0 spiro atoms. The summed E-state index contributed by atoms with van der Waals surface area (Å²) < 4.78 is 69.5. The van der Waals surface area contributed by atoms with Crippen molar-refractivity contribution in [1.82, 2.24) is 19.9 Å². The molecule has 0 radical (unpaired) electrons. The number of hydrogen-bond donors (Lipinski definition) is 2. The maximum absolute atomic E-state index is 10.6. The van der Waals surface area contributed by atoms with Crippen LogP contribution in [0, 0.1) is 0 Å². The lowest BCUT2D eigenvalue weighted by Crippen LogP contribution is -2.50. The molecule has 0 aliphatic carbocycles. The van der Waals surface area contributed by atoms with Crippen LogP contribution >= 0.6 is 0 Å². The fourth-order valence-corrected chi connectivity index (χ4v) is 3.44. The molecule has 2 atom stereocenters. The summed E-state index contributed by atoms with van der Waals surface area (Å²) in [4.78, 5) is 35.7. The van der Waals surface area contributed by atoms with Crippen molar-refractivity contribution in [3.8, 4) is 0 Å². The molecule has 2 aromatic heterocycles. The van der Waals surface area contributed by atoms with E-state index in [4.69, 9.17) is 24.5 Å². The number of halogens is 6. The van der Waals surface area contributed by atoms with Crippen LogP contribution in [0.15, 0.2) is 42.9 Å². The van der Waals surface area contributed by atoms with E-state index in [1.807, 2.05) is 42.9 Å². The Kier molecular flexibility index (Phi) is 10.5. The topological polar surface area (TPSA) is 129 Å². The lowest BCUT2D eigenvalue weighted by molar-refractivity contribution is -0.193. The van der Waals surface area contributed by atoms with E-state index < -0.39 is 24.3 Å². The van der Waals surface area contributed by atoms with Gasteiger partial charge in [-0.15, -0.1) is 0 Å². The molecular weight excluding hydrogens is 516 g/mol. The quantitative estimate of drug-likeness (QED) is 0.560. The van der Waals surface area contributed by atoms with Gasteiger partial charge in [0.1, 0.15) is 0 Å². The fourth-order valence-electron chi connectivity index (χ4n) is 3.44. The summed E-state index contributed by atoms with van der Waals surface area (Å²) in [5.74, 6) is -4.68. The predicted octanol–water partition coefficient (Wildman–Crippen LogP) is 2.62. The van der Waals surface area contributed by atoms with E-state index in [2.05, 4.69) is 24.8 Å². The monoisotopic (exact) mass is 539 g/mol. The van der Waals surface area contributed by atoms with Gasteiger partial charge in [0.05, 0.1) is 18.4 Å². The number of aliphatic carboxylic acids is 2. The minimum absolute atomic E-state index is 0.290. The van der Waals surface area contributed by atoms with Crippen LogP contribution in [0.5, 0.6) is 0 Å². The van der Waals surface area contributed by atoms with E-state index in [-0.39, 0.29) is 0 Å². The van der Waals surface area contributed by atoms with E-state index in [1.54, 1.807) is 0 Å². The summed E-state index contributed by atoms with van der Waals surface area (Å²) in [5, 5.41) is 14.2. The highest BCUT2D eigenvalue weighted by Gasteiger charge is 2.39. The van der Waals surface area contributed by atoms with Gasteiger partial charge in [0.15, 0.2) is 0 Å². The molecule has 2 N–H and O–H groups in total. The van der Waals surface area contributed by atoms with Gasteiger partial charge in [0, 0.05) is 50.8 Å². The summed E-state index contributed by atoms with van der Waals surface area (Å²) in [6, 6.07) is 8.33. The average molecular weight is 539 g/mol. The molecule has 2 fully saturated rings. The standard InChI is InChI=1S/C17H21N5O.2C2HF3O2/c1-2-5-18-14(4-1)13-23-16-10-15-11-22(9-8-21(15)12-16)17-19-6-3-7-20-17;2*3-2(4,5)1(6)7/h1-7,15-16H,8-13H2;2*(H,6,7)/t15-,16+;;/m0../s1. The molecule has 2 aliphatic heterocycles. The molecular formula is C21H23F6N5O5. The van der Waals surface area contributed by atoms with Crippen LogP contribution in [0.4, 0.5) is 32.3 Å². The van der Waals surface area contributed by atoms with Crippen LogP contribution in [0.2, 0.25) is 0 Å². The van der Waals surface area contributed by atoms with Crippen LogP contribution in [0.3, 0.4) is 0 Å². The third kappa shape index (κ3) is 10.2. The normalized spacial score (nSPS) is 19.6. The highest BCUT2D eigenvalue weighted by Crippen LogP contribution is 2.26. The SMILES string of the molecule is O=C(O)C(F)(F)F.O=C(O)C(F)(F)F.c1ccc(CO[C@@H]2C[C@H]3CN(c4ncccn4)CCN3C2)nc1. The Hall–Kier alpha value is -3.53. The zero-order valence-corrected chi connectivity index (χ0v) is 19.1. The van der Waals surface area contributed by atoms with Gasteiger partial charge in [-0.2, -0.15) is 26.3 Å². The summed E-state index contributed by atoms with van der Waals surface area (Å²) in [6.07, 6.45) is -3.38. The second kappa shape index (κ2) is 13.1.